The second kappa shape index (κ2) is 7.52. The van der Waals surface area contributed by atoms with E-state index < -0.39 is 0 Å². The van der Waals surface area contributed by atoms with Gasteiger partial charge in [0.05, 0.1) is 0 Å². The predicted molar refractivity (Wildman–Crippen MR) is 72.1 cm³/mol. The quantitative estimate of drug-likeness (QED) is 0.452. The van der Waals surface area contributed by atoms with Gasteiger partial charge in [-0.2, -0.15) is 0 Å². The molecule has 17 heavy (non-hydrogen) atoms. The Morgan fingerprint density at radius 1 is 1.18 bits per heavy atom. The fourth-order valence-electron chi connectivity index (χ4n) is 1.06. The van der Waals surface area contributed by atoms with Crippen LogP contribution in [0.3, 0.4) is 0 Å². The predicted octanol–water partition coefficient (Wildman–Crippen LogP) is 3.00. The van der Waals surface area contributed by atoms with Crippen molar-refractivity contribution >= 4 is 11.7 Å². The van der Waals surface area contributed by atoms with E-state index in [0.717, 1.165) is 0 Å². The first-order valence-corrected chi connectivity index (χ1v) is 5.60. The van der Waals surface area contributed by atoms with Crippen LogP contribution in [0.1, 0.15) is 46.5 Å². The highest BCUT2D eigenvalue weighted by atomic mass is 16.5. The first-order chi connectivity index (χ1) is 7.89. The van der Waals surface area contributed by atoms with Crippen molar-refractivity contribution in [1.82, 2.24) is 0 Å². The second-order valence-electron chi connectivity index (χ2n) is 4.57. The van der Waals surface area contributed by atoms with Gasteiger partial charge in [0.15, 0.2) is 5.90 Å². The summed E-state index contributed by atoms with van der Waals surface area (Å²) in [5.41, 5.74) is -0.334. The van der Waals surface area contributed by atoms with E-state index in [1.165, 1.54) is 0 Å². The number of rotatable bonds is 4. The minimum Gasteiger partial charge on any atom is -0.475 e. The minimum atomic E-state index is -0.334. The fraction of sp³-hybridized carbons (Fsp3) is 0.571. The molecule has 3 nitrogen and oxygen atoms in total. The van der Waals surface area contributed by atoms with Gasteiger partial charge in [-0.05, 0) is 20.8 Å². The highest BCUT2D eigenvalue weighted by Crippen LogP contribution is 2.11. The van der Waals surface area contributed by atoms with Crippen molar-refractivity contribution in [3.05, 3.63) is 0 Å². The summed E-state index contributed by atoms with van der Waals surface area (Å²) in [7, 11) is 0. The van der Waals surface area contributed by atoms with Crippen LogP contribution >= 0.6 is 0 Å². The van der Waals surface area contributed by atoms with Gasteiger partial charge in [0.25, 0.3) is 0 Å². The number of hydrogen-bond donors (Lipinski definition) is 1. The normalized spacial score (nSPS) is 11.5. The Morgan fingerprint density at radius 2 is 1.71 bits per heavy atom. The maximum atomic E-state index is 7.65. The molecule has 3 heteroatoms. The third-order valence-corrected chi connectivity index (χ3v) is 1.67. The first-order valence-electron chi connectivity index (χ1n) is 5.60. The average molecular weight is 232 g/mol. The van der Waals surface area contributed by atoms with Gasteiger partial charge in [-0.1, -0.05) is 0 Å². The smallest absolute Gasteiger partial charge is 0.191 e. The summed E-state index contributed by atoms with van der Waals surface area (Å²) in [5.74, 6) is 5.76. The summed E-state index contributed by atoms with van der Waals surface area (Å²) in [6.07, 6.45) is 12.4. The second-order valence-corrected chi connectivity index (χ2v) is 4.57. The summed E-state index contributed by atoms with van der Waals surface area (Å²) >= 11 is 0. The van der Waals surface area contributed by atoms with Crippen LogP contribution in [0.2, 0.25) is 0 Å². The standard InChI is InChI=1S/C14H20N2O/c1-6-8-10-12(15)16-13(11-9-7-2)17-14(3,4)5/h1-2,15H,8-11H2,3-5H3. The molecule has 92 valence electrons. The van der Waals surface area contributed by atoms with Gasteiger partial charge in [-0.3, -0.25) is 5.41 Å². The Bertz CT molecular complexity index is 361. The highest BCUT2D eigenvalue weighted by molar-refractivity contribution is 5.93. The van der Waals surface area contributed by atoms with Crippen LogP contribution in [-0.4, -0.2) is 17.3 Å². The lowest BCUT2D eigenvalue weighted by Gasteiger charge is -2.22. The van der Waals surface area contributed by atoms with E-state index in [4.69, 9.17) is 23.0 Å². The largest absolute Gasteiger partial charge is 0.475 e. The van der Waals surface area contributed by atoms with Crippen molar-refractivity contribution in [3.63, 3.8) is 0 Å². The number of aliphatic imine (C=N–C) groups is 1. The van der Waals surface area contributed by atoms with Gasteiger partial charge < -0.3 is 4.74 Å². The number of ether oxygens (including phenoxy) is 1. The Hall–Kier alpha value is -1.74. The molecule has 0 aliphatic rings. The van der Waals surface area contributed by atoms with Gasteiger partial charge in [0.1, 0.15) is 11.4 Å². The van der Waals surface area contributed by atoms with Gasteiger partial charge >= 0.3 is 0 Å². The van der Waals surface area contributed by atoms with Crippen LogP contribution < -0.4 is 0 Å². The van der Waals surface area contributed by atoms with Gasteiger partial charge in [-0.25, -0.2) is 4.99 Å². The molecule has 1 N–H and O–H groups in total. The molecule has 0 aromatic heterocycles. The van der Waals surface area contributed by atoms with Crippen LogP contribution in [0.15, 0.2) is 4.99 Å². The Kier molecular flexibility index (Phi) is 6.75. The van der Waals surface area contributed by atoms with E-state index in [-0.39, 0.29) is 11.4 Å². The molecule has 0 heterocycles. The molecule has 0 rings (SSSR count). The molecule has 0 atom stereocenters. The van der Waals surface area contributed by atoms with Gasteiger partial charge in [-0.15, -0.1) is 24.7 Å². The number of nitrogens with one attached hydrogen (secondary N) is 1. The molecule has 0 aromatic rings. The average Bonchev–Trinajstić information content (AvgIpc) is 2.21. The van der Waals surface area contributed by atoms with Gasteiger partial charge in [0, 0.05) is 25.7 Å². The van der Waals surface area contributed by atoms with Crippen molar-refractivity contribution in [2.75, 3.05) is 0 Å². The molecule has 0 fully saturated rings. The van der Waals surface area contributed by atoms with E-state index in [1.807, 2.05) is 20.8 Å². The molecule has 0 aliphatic carbocycles. The van der Waals surface area contributed by atoms with Gasteiger partial charge in [0.2, 0.25) is 0 Å². The molecular weight excluding hydrogens is 212 g/mol. The molecule has 0 spiro atoms. The van der Waals surface area contributed by atoms with E-state index in [2.05, 4.69) is 16.8 Å². The van der Waals surface area contributed by atoms with Crippen LogP contribution in [0.4, 0.5) is 0 Å². The Morgan fingerprint density at radius 3 is 2.18 bits per heavy atom. The van der Waals surface area contributed by atoms with Crippen LogP contribution in [-0.2, 0) is 4.74 Å². The van der Waals surface area contributed by atoms with E-state index >= 15 is 0 Å². The number of nitrogens with zero attached hydrogens (tertiary/aromatic N) is 1. The molecule has 0 bridgehead atoms. The summed E-state index contributed by atoms with van der Waals surface area (Å²) < 4.78 is 5.65. The lowest BCUT2D eigenvalue weighted by atomic mass is 10.2. The zero-order chi connectivity index (χ0) is 13.3. The van der Waals surface area contributed by atoms with Crippen molar-refractivity contribution in [2.45, 2.75) is 52.1 Å². The third-order valence-electron chi connectivity index (χ3n) is 1.67. The Balaban J connectivity index is 4.56. The molecule has 0 saturated carbocycles. The maximum Gasteiger partial charge on any atom is 0.191 e. The molecule has 0 aliphatic heterocycles. The summed E-state index contributed by atoms with van der Waals surface area (Å²) in [5, 5.41) is 7.65. The molecule has 0 saturated heterocycles. The lowest BCUT2D eigenvalue weighted by Crippen LogP contribution is -2.24. The molecule has 0 amide bonds. The number of hydrogen-bond acceptors (Lipinski definition) is 2. The minimum absolute atomic E-state index is 0.235. The summed E-state index contributed by atoms with van der Waals surface area (Å²) in [4.78, 5) is 4.12. The number of terminal acetylenes is 2. The number of amidine groups is 1. The fourth-order valence-corrected chi connectivity index (χ4v) is 1.06. The van der Waals surface area contributed by atoms with E-state index in [0.29, 0.717) is 31.6 Å². The summed E-state index contributed by atoms with van der Waals surface area (Å²) in [6.45, 7) is 5.80. The third kappa shape index (κ3) is 9.20. The zero-order valence-corrected chi connectivity index (χ0v) is 10.8. The molecule has 0 unspecified atom stereocenters. The highest BCUT2D eigenvalue weighted by Gasteiger charge is 2.14. The SMILES string of the molecule is C#CCCC(=N)N=C(CCC#C)OC(C)(C)C. The van der Waals surface area contributed by atoms with Crippen LogP contribution in [0.5, 0.6) is 0 Å². The molecular formula is C14H20N2O. The van der Waals surface area contributed by atoms with Crippen molar-refractivity contribution in [3.8, 4) is 24.7 Å². The van der Waals surface area contributed by atoms with Crippen LogP contribution in [0, 0.1) is 30.1 Å². The van der Waals surface area contributed by atoms with Crippen LogP contribution in [0.25, 0.3) is 0 Å². The van der Waals surface area contributed by atoms with Crippen molar-refractivity contribution < 1.29 is 4.74 Å². The first kappa shape index (κ1) is 15.3. The lowest BCUT2D eigenvalue weighted by molar-refractivity contribution is 0.112. The molecule has 0 aromatic carbocycles. The van der Waals surface area contributed by atoms with E-state index in [9.17, 15) is 0 Å². The van der Waals surface area contributed by atoms with Crippen molar-refractivity contribution in [2.24, 2.45) is 4.99 Å². The molecule has 0 radical (unpaired) electrons. The van der Waals surface area contributed by atoms with E-state index in [1.54, 1.807) is 0 Å². The topological polar surface area (TPSA) is 45.4 Å². The zero-order valence-electron chi connectivity index (χ0n) is 10.8. The maximum absolute atomic E-state index is 7.65. The summed E-state index contributed by atoms with van der Waals surface area (Å²) in [6, 6.07) is 0. The van der Waals surface area contributed by atoms with Crippen molar-refractivity contribution in [1.29, 1.82) is 5.41 Å². The Labute approximate surface area is 104 Å². The monoisotopic (exact) mass is 232 g/mol.